The van der Waals surface area contributed by atoms with Crippen molar-refractivity contribution in [1.82, 2.24) is 29.5 Å². The van der Waals surface area contributed by atoms with Crippen LogP contribution in [0.5, 0.6) is 11.5 Å². The summed E-state index contributed by atoms with van der Waals surface area (Å²) in [5, 5.41) is 13.0. The highest BCUT2D eigenvalue weighted by Gasteiger charge is 2.42. The van der Waals surface area contributed by atoms with Gasteiger partial charge >= 0.3 is 0 Å². The van der Waals surface area contributed by atoms with Crippen molar-refractivity contribution in [2.45, 2.75) is 23.3 Å². The number of carbonyl (C=O) groups excluding carboxylic acids is 2. The van der Waals surface area contributed by atoms with Crippen molar-refractivity contribution in [2.75, 3.05) is 40.3 Å². The third kappa shape index (κ3) is 5.11. The van der Waals surface area contributed by atoms with Gasteiger partial charge in [0.1, 0.15) is 16.5 Å². The van der Waals surface area contributed by atoms with Crippen molar-refractivity contribution in [2.24, 2.45) is 5.92 Å². The zero-order chi connectivity index (χ0) is 26.9. The van der Waals surface area contributed by atoms with Crippen molar-refractivity contribution in [1.29, 1.82) is 0 Å². The van der Waals surface area contributed by atoms with Gasteiger partial charge in [0.15, 0.2) is 11.5 Å². The van der Waals surface area contributed by atoms with Crippen molar-refractivity contribution < 1.29 is 27.5 Å². The molecule has 0 spiro atoms. The molecule has 1 aromatic carbocycles. The van der Waals surface area contributed by atoms with Crippen molar-refractivity contribution >= 4 is 33.2 Å². The van der Waals surface area contributed by atoms with E-state index in [9.17, 15) is 18.0 Å². The summed E-state index contributed by atoms with van der Waals surface area (Å²) in [7, 11) is -0.564. The summed E-state index contributed by atoms with van der Waals surface area (Å²) in [5.41, 5.74) is 0.806. The molecule has 14 heteroatoms. The van der Waals surface area contributed by atoms with Gasteiger partial charge in [0.05, 0.1) is 24.9 Å². The summed E-state index contributed by atoms with van der Waals surface area (Å²) in [6.07, 6.45) is 1.79. The molecular formula is C24H28N6O6S2. The summed E-state index contributed by atoms with van der Waals surface area (Å²) in [6.45, 7) is 0.863. The Bertz CT molecular complexity index is 1420. The first-order chi connectivity index (χ1) is 18.3. The second-order valence-corrected chi connectivity index (χ2v) is 12.3. The van der Waals surface area contributed by atoms with Gasteiger partial charge in [0.2, 0.25) is 5.91 Å². The van der Waals surface area contributed by atoms with Crippen LogP contribution in [-0.4, -0.2) is 84.8 Å². The summed E-state index contributed by atoms with van der Waals surface area (Å²) in [6, 6.07) is 7.94. The number of rotatable bonds is 3. The maximum absolute atomic E-state index is 13.2. The maximum atomic E-state index is 13.2. The minimum absolute atomic E-state index is 0.0133. The second-order valence-electron chi connectivity index (χ2n) is 9.18. The number of amides is 2. The highest BCUT2D eigenvalue weighted by molar-refractivity contribution is 7.91. The fourth-order valence-corrected chi connectivity index (χ4v) is 7.37. The van der Waals surface area contributed by atoms with Crippen molar-refractivity contribution in [3.8, 4) is 11.5 Å². The number of nitrogens with one attached hydrogen (secondary N) is 1. The van der Waals surface area contributed by atoms with Crippen LogP contribution in [0, 0.1) is 5.92 Å². The number of methoxy groups -OCH3 is 1. The minimum Gasteiger partial charge on any atom is -0.493 e. The predicted molar refractivity (Wildman–Crippen MR) is 138 cm³/mol. The Morgan fingerprint density at radius 1 is 1.18 bits per heavy atom. The van der Waals surface area contributed by atoms with Crippen LogP contribution < -0.4 is 14.8 Å². The second kappa shape index (κ2) is 10.7. The van der Waals surface area contributed by atoms with E-state index in [-0.39, 0.29) is 66.9 Å². The Kier molecular flexibility index (Phi) is 7.36. The molecule has 2 atom stereocenters. The SMILES string of the molecule is COc1cccc2c1OCc1cn(nn1)[C@@H]1CN(S(=O)(=O)c3cccs3)C[C@@H]1CC(=O)NCCN(C)C2=O. The highest BCUT2D eigenvalue weighted by Crippen LogP contribution is 2.36. The number of hydrogen-bond acceptors (Lipinski definition) is 9. The molecular weight excluding hydrogens is 532 g/mol. The number of nitrogens with zero attached hydrogens (tertiary/aromatic N) is 5. The first-order valence-electron chi connectivity index (χ1n) is 12.0. The number of ether oxygens (including phenoxy) is 2. The molecule has 5 rings (SSSR count). The van der Waals surface area contributed by atoms with Gasteiger partial charge in [0, 0.05) is 45.6 Å². The lowest BCUT2D eigenvalue weighted by molar-refractivity contribution is -0.122. The standard InChI is InChI=1S/C24H28N6O6S2/c1-28-9-8-25-21(31)11-16-12-29(38(33,34)22-7-4-10-37-22)14-19(16)30-13-17(26-27-30)15-36-23-18(24(28)32)5-3-6-20(23)35-2/h3-7,10,13,16,19H,8-9,11-12,14-15H2,1-2H3,(H,25,31)/t16-,19+/m0/s1. The van der Waals surface area contributed by atoms with Crippen LogP contribution in [0.2, 0.25) is 0 Å². The van der Waals surface area contributed by atoms with Gasteiger partial charge in [0.25, 0.3) is 15.9 Å². The van der Waals surface area contributed by atoms with Crippen LogP contribution in [0.4, 0.5) is 0 Å². The molecule has 3 aromatic rings. The number of para-hydroxylation sites is 1. The van der Waals surface area contributed by atoms with Gasteiger partial charge in [-0.05, 0) is 23.6 Å². The molecule has 0 unspecified atom stereocenters. The summed E-state index contributed by atoms with van der Waals surface area (Å²) < 4.78 is 41.2. The maximum Gasteiger partial charge on any atom is 0.257 e. The van der Waals surface area contributed by atoms with Gasteiger partial charge < -0.3 is 19.7 Å². The molecule has 0 radical (unpaired) electrons. The van der Waals surface area contributed by atoms with E-state index >= 15 is 0 Å². The normalized spacial score (nSPS) is 21.4. The Hall–Kier alpha value is -3.49. The number of fused-ring (bicyclic) bond motifs is 5. The number of hydrogen-bond donors (Lipinski definition) is 1. The third-order valence-electron chi connectivity index (χ3n) is 6.72. The van der Waals surface area contributed by atoms with Gasteiger partial charge in [-0.3, -0.25) is 9.59 Å². The Balaban J connectivity index is 1.46. The Morgan fingerprint density at radius 2 is 2.03 bits per heavy atom. The quantitative estimate of drug-likeness (QED) is 0.508. The topological polar surface area (TPSA) is 136 Å². The number of carbonyl (C=O) groups is 2. The molecule has 1 fully saturated rings. The van der Waals surface area contributed by atoms with Gasteiger partial charge in [-0.1, -0.05) is 17.3 Å². The van der Waals surface area contributed by atoms with E-state index in [2.05, 4.69) is 15.6 Å². The number of likely N-dealkylation sites (N-methyl/N-ethyl adjacent to an activating group) is 1. The van der Waals surface area contributed by atoms with E-state index in [1.807, 2.05) is 0 Å². The van der Waals surface area contributed by atoms with E-state index in [4.69, 9.17) is 9.47 Å². The molecule has 2 aromatic heterocycles. The van der Waals surface area contributed by atoms with Crippen LogP contribution >= 0.6 is 11.3 Å². The first kappa shape index (κ1) is 26.1. The van der Waals surface area contributed by atoms with Gasteiger partial charge in [-0.25, -0.2) is 13.1 Å². The van der Waals surface area contributed by atoms with E-state index in [1.54, 1.807) is 53.6 Å². The molecule has 0 aliphatic carbocycles. The molecule has 1 N–H and O–H groups in total. The van der Waals surface area contributed by atoms with E-state index < -0.39 is 16.1 Å². The lowest BCUT2D eigenvalue weighted by atomic mass is 9.99. The zero-order valence-corrected chi connectivity index (χ0v) is 22.6. The average Bonchev–Trinajstić information content (AvgIpc) is 3.67. The third-order valence-corrected chi connectivity index (χ3v) is 9.92. The monoisotopic (exact) mass is 560 g/mol. The van der Waals surface area contributed by atoms with Crippen molar-refractivity contribution in [3.63, 3.8) is 0 Å². The van der Waals surface area contributed by atoms with E-state index in [0.29, 0.717) is 17.0 Å². The molecule has 12 nitrogen and oxygen atoms in total. The highest BCUT2D eigenvalue weighted by atomic mass is 32.2. The lowest BCUT2D eigenvalue weighted by Crippen LogP contribution is -2.37. The molecule has 2 aliphatic heterocycles. The molecule has 4 heterocycles. The molecule has 2 amide bonds. The van der Waals surface area contributed by atoms with E-state index in [0.717, 1.165) is 11.3 Å². The van der Waals surface area contributed by atoms with Crippen LogP contribution in [-0.2, 0) is 21.4 Å². The summed E-state index contributed by atoms with van der Waals surface area (Å²) >= 11 is 1.16. The minimum atomic E-state index is -3.70. The summed E-state index contributed by atoms with van der Waals surface area (Å²) in [4.78, 5) is 27.5. The van der Waals surface area contributed by atoms with Crippen molar-refractivity contribution in [3.05, 3.63) is 53.2 Å². The average molecular weight is 561 g/mol. The fraction of sp³-hybridized carbons (Fsp3) is 0.417. The fourth-order valence-electron chi connectivity index (χ4n) is 4.71. The largest absolute Gasteiger partial charge is 0.493 e. The smallest absolute Gasteiger partial charge is 0.257 e. The molecule has 0 saturated carbocycles. The Morgan fingerprint density at radius 3 is 2.79 bits per heavy atom. The molecule has 1 saturated heterocycles. The first-order valence-corrected chi connectivity index (χ1v) is 14.4. The molecule has 38 heavy (non-hydrogen) atoms. The van der Waals surface area contributed by atoms with Crippen LogP contribution in [0.15, 0.2) is 46.1 Å². The Labute approximate surface area is 224 Å². The molecule has 202 valence electrons. The van der Waals surface area contributed by atoms with Crippen LogP contribution in [0.3, 0.4) is 0 Å². The predicted octanol–water partition coefficient (Wildman–Crippen LogP) is 1.38. The number of aromatic nitrogens is 3. The van der Waals surface area contributed by atoms with Crippen LogP contribution in [0.1, 0.15) is 28.5 Å². The van der Waals surface area contributed by atoms with Crippen LogP contribution in [0.25, 0.3) is 0 Å². The zero-order valence-electron chi connectivity index (χ0n) is 20.9. The number of sulfonamides is 1. The molecule has 2 bridgehead atoms. The van der Waals surface area contributed by atoms with Gasteiger partial charge in [-0.15, -0.1) is 16.4 Å². The van der Waals surface area contributed by atoms with E-state index in [1.165, 1.54) is 16.3 Å². The number of benzene rings is 1. The summed E-state index contributed by atoms with van der Waals surface area (Å²) in [5.74, 6) is -0.155. The number of thiophene rings is 1. The lowest BCUT2D eigenvalue weighted by Gasteiger charge is -2.21. The van der Waals surface area contributed by atoms with Gasteiger partial charge in [-0.2, -0.15) is 4.31 Å². The molecule has 2 aliphatic rings.